The van der Waals surface area contributed by atoms with Crippen molar-refractivity contribution in [1.29, 1.82) is 0 Å². The van der Waals surface area contributed by atoms with Gasteiger partial charge in [0.1, 0.15) is 5.01 Å². The van der Waals surface area contributed by atoms with E-state index in [0.29, 0.717) is 16.3 Å². The Morgan fingerprint density at radius 1 is 1.23 bits per heavy atom. The monoisotopic (exact) mass is 436 g/mol. The maximum Gasteiger partial charge on any atom is 0.261 e. The number of anilines is 1. The van der Waals surface area contributed by atoms with Crippen LogP contribution in [0.15, 0.2) is 22.7 Å². The van der Waals surface area contributed by atoms with Crippen LogP contribution in [0.3, 0.4) is 0 Å². The Bertz CT molecular complexity index is 867. The van der Waals surface area contributed by atoms with Gasteiger partial charge in [-0.1, -0.05) is 40.6 Å². The summed E-state index contributed by atoms with van der Waals surface area (Å²) in [7, 11) is 0. The number of unbranched alkanes of at least 4 members (excludes halogenated alkanes) is 1. The number of halogens is 1. The van der Waals surface area contributed by atoms with Crippen LogP contribution in [0.25, 0.3) is 0 Å². The summed E-state index contributed by atoms with van der Waals surface area (Å²) in [5.74, 6) is -1.05. The second kappa shape index (κ2) is 8.05. The van der Waals surface area contributed by atoms with Crippen molar-refractivity contribution in [2.24, 2.45) is 0 Å². The first-order valence-corrected chi connectivity index (χ1v) is 9.88. The first-order valence-electron chi connectivity index (χ1n) is 8.27. The highest BCUT2D eigenvalue weighted by molar-refractivity contribution is 9.10. The summed E-state index contributed by atoms with van der Waals surface area (Å²) < 4.78 is 0.729. The topological polar surface area (TPSA) is 92.3 Å². The molecule has 0 atom stereocenters. The van der Waals surface area contributed by atoms with Crippen molar-refractivity contribution in [2.75, 3.05) is 11.9 Å². The quantitative estimate of drug-likeness (QED) is 0.672. The molecule has 26 heavy (non-hydrogen) atoms. The lowest BCUT2D eigenvalue weighted by molar-refractivity contribution is -0.116. The fraction of sp³-hybridized carbons (Fsp3) is 0.353. The number of carbonyl (C=O) groups is 3. The Hall–Kier alpha value is -2.13. The molecule has 2 heterocycles. The fourth-order valence-corrected chi connectivity index (χ4v) is 3.75. The lowest BCUT2D eigenvalue weighted by Crippen LogP contribution is -2.32. The van der Waals surface area contributed by atoms with E-state index < -0.39 is 0 Å². The van der Waals surface area contributed by atoms with Crippen molar-refractivity contribution in [3.05, 3.63) is 38.8 Å². The second-order valence-corrected chi connectivity index (χ2v) is 7.83. The Labute approximate surface area is 162 Å². The summed E-state index contributed by atoms with van der Waals surface area (Å²) in [5, 5.41) is 12.0. The van der Waals surface area contributed by atoms with E-state index in [-0.39, 0.29) is 30.7 Å². The molecule has 0 aliphatic carbocycles. The molecule has 0 saturated heterocycles. The summed E-state index contributed by atoms with van der Waals surface area (Å²) in [6.45, 7) is 2.12. The maximum absolute atomic E-state index is 12.4. The van der Waals surface area contributed by atoms with Crippen molar-refractivity contribution >= 4 is 50.1 Å². The van der Waals surface area contributed by atoms with E-state index in [2.05, 4.69) is 38.4 Å². The van der Waals surface area contributed by atoms with Crippen molar-refractivity contribution in [2.45, 2.75) is 32.6 Å². The van der Waals surface area contributed by atoms with Gasteiger partial charge in [-0.15, -0.1) is 10.2 Å². The normalized spacial score (nSPS) is 13.2. The largest absolute Gasteiger partial charge is 0.300 e. The van der Waals surface area contributed by atoms with Gasteiger partial charge >= 0.3 is 0 Å². The molecule has 9 heteroatoms. The molecule has 1 aromatic carbocycles. The fourth-order valence-electron chi connectivity index (χ4n) is 2.59. The van der Waals surface area contributed by atoms with Gasteiger partial charge in [-0.3, -0.25) is 19.3 Å². The number of fused-ring (bicyclic) bond motifs is 1. The smallest absolute Gasteiger partial charge is 0.261 e. The Kier molecular flexibility index (Phi) is 5.77. The molecule has 1 aliphatic rings. The van der Waals surface area contributed by atoms with E-state index in [0.717, 1.165) is 33.6 Å². The average molecular weight is 437 g/mol. The Morgan fingerprint density at radius 2 is 2.00 bits per heavy atom. The highest BCUT2D eigenvalue weighted by atomic mass is 79.9. The molecule has 0 radical (unpaired) electrons. The molecule has 7 nitrogen and oxygen atoms in total. The number of aromatic nitrogens is 2. The van der Waals surface area contributed by atoms with Crippen LogP contribution in [0.2, 0.25) is 0 Å². The van der Waals surface area contributed by atoms with E-state index in [1.807, 2.05) is 0 Å². The van der Waals surface area contributed by atoms with Gasteiger partial charge in [-0.05, 0) is 24.6 Å². The van der Waals surface area contributed by atoms with Crippen LogP contribution < -0.4 is 5.32 Å². The van der Waals surface area contributed by atoms with Crippen LogP contribution in [0.1, 0.15) is 51.9 Å². The van der Waals surface area contributed by atoms with E-state index in [1.165, 1.54) is 11.3 Å². The SMILES string of the molecule is CCCCc1nnc(NC(=O)CCN2C(=O)c3ccc(Br)cc3C2=O)s1. The second-order valence-electron chi connectivity index (χ2n) is 5.85. The number of aryl methyl sites for hydroxylation is 1. The summed E-state index contributed by atoms with van der Waals surface area (Å²) >= 11 is 4.64. The number of benzene rings is 1. The lowest BCUT2D eigenvalue weighted by atomic mass is 10.1. The number of rotatable bonds is 7. The predicted molar refractivity (Wildman–Crippen MR) is 101 cm³/mol. The number of carbonyl (C=O) groups excluding carboxylic acids is 3. The molecule has 0 unspecified atom stereocenters. The third-order valence-corrected chi connectivity index (χ3v) is 5.34. The maximum atomic E-state index is 12.4. The van der Waals surface area contributed by atoms with Gasteiger partial charge in [0.25, 0.3) is 11.8 Å². The molecule has 3 amide bonds. The number of nitrogens with one attached hydrogen (secondary N) is 1. The van der Waals surface area contributed by atoms with Crippen LogP contribution in [0.5, 0.6) is 0 Å². The van der Waals surface area contributed by atoms with Gasteiger partial charge in [-0.25, -0.2) is 0 Å². The first kappa shape index (κ1) is 18.7. The molecule has 1 aromatic heterocycles. The molecule has 1 aliphatic heterocycles. The van der Waals surface area contributed by atoms with Crippen molar-refractivity contribution in [1.82, 2.24) is 15.1 Å². The molecule has 0 spiro atoms. The van der Waals surface area contributed by atoms with Crippen LogP contribution in [-0.4, -0.2) is 39.4 Å². The summed E-state index contributed by atoms with van der Waals surface area (Å²) in [6, 6.07) is 4.94. The Morgan fingerprint density at radius 3 is 2.77 bits per heavy atom. The standard InChI is InChI=1S/C17H17BrN4O3S/c1-2-3-4-14-20-21-17(26-14)19-13(23)7-8-22-15(24)11-6-5-10(18)9-12(11)16(22)25/h5-6,9H,2-4,7-8H2,1H3,(H,19,21,23). The van der Waals surface area contributed by atoms with E-state index in [4.69, 9.17) is 0 Å². The number of nitrogens with zero attached hydrogens (tertiary/aromatic N) is 3. The van der Waals surface area contributed by atoms with Gasteiger partial charge < -0.3 is 5.32 Å². The highest BCUT2D eigenvalue weighted by Gasteiger charge is 2.35. The third-order valence-electron chi connectivity index (χ3n) is 3.95. The molecule has 2 aromatic rings. The van der Waals surface area contributed by atoms with Crippen LogP contribution in [-0.2, 0) is 11.2 Å². The van der Waals surface area contributed by atoms with Gasteiger partial charge in [0.2, 0.25) is 11.0 Å². The molecule has 0 saturated carbocycles. The molecule has 136 valence electrons. The minimum absolute atomic E-state index is 0.0104. The third kappa shape index (κ3) is 3.99. The zero-order chi connectivity index (χ0) is 18.7. The number of imide groups is 1. The zero-order valence-corrected chi connectivity index (χ0v) is 16.5. The number of hydrogen-bond acceptors (Lipinski definition) is 6. The number of hydrogen-bond donors (Lipinski definition) is 1. The van der Waals surface area contributed by atoms with Crippen molar-refractivity contribution < 1.29 is 14.4 Å². The molecule has 0 bridgehead atoms. The molecule has 0 fully saturated rings. The molecule has 3 rings (SSSR count). The van der Waals surface area contributed by atoms with Gasteiger partial charge in [0.15, 0.2) is 0 Å². The van der Waals surface area contributed by atoms with Gasteiger partial charge in [-0.2, -0.15) is 0 Å². The highest BCUT2D eigenvalue weighted by Crippen LogP contribution is 2.26. The molecule has 1 N–H and O–H groups in total. The number of amides is 3. The lowest BCUT2D eigenvalue weighted by Gasteiger charge is -2.12. The van der Waals surface area contributed by atoms with Crippen molar-refractivity contribution in [3.63, 3.8) is 0 Å². The molecular weight excluding hydrogens is 420 g/mol. The summed E-state index contributed by atoms with van der Waals surface area (Å²) in [6.07, 6.45) is 2.95. The van der Waals surface area contributed by atoms with Crippen LogP contribution in [0.4, 0.5) is 5.13 Å². The molecular formula is C17H17BrN4O3S. The minimum Gasteiger partial charge on any atom is -0.300 e. The van der Waals surface area contributed by atoms with E-state index in [9.17, 15) is 14.4 Å². The van der Waals surface area contributed by atoms with E-state index >= 15 is 0 Å². The summed E-state index contributed by atoms with van der Waals surface area (Å²) in [5.41, 5.74) is 0.720. The van der Waals surface area contributed by atoms with Gasteiger partial charge in [0, 0.05) is 23.9 Å². The average Bonchev–Trinajstić information content (AvgIpc) is 3.15. The predicted octanol–water partition coefficient (Wildman–Crippen LogP) is 3.27. The van der Waals surface area contributed by atoms with Crippen LogP contribution >= 0.6 is 27.3 Å². The van der Waals surface area contributed by atoms with E-state index in [1.54, 1.807) is 18.2 Å². The first-order chi connectivity index (χ1) is 12.5. The van der Waals surface area contributed by atoms with Crippen molar-refractivity contribution in [3.8, 4) is 0 Å². The summed E-state index contributed by atoms with van der Waals surface area (Å²) in [4.78, 5) is 37.9. The minimum atomic E-state index is -0.378. The van der Waals surface area contributed by atoms with Crippen LogP contribution in [0, 0.1) is 0 Å². The van der Waals surface area contributed by atoms with Gasteiger partial charge in [0.05, 0.1) is 11.1 Å². The zero-order valence-electron chi connectivity index (χ0n) is 14.1. The Balaban J connectivity index is 1.56.